The van der Waals surface area contributed by atoms with Crippen LogP contribution in [0.5, 0.6) is 0 Å². The van der Waals surface area contributed by atoms with Gasteiger partial charge in [0.25, 0.3) is 0 Å². The smallest absolute Gasteiger partial charge is 1.00 e. The van der Waals surface area contributed by atoms with Crippen LogP contribution in [0.3, 0.4) is 0 Å². The Morgan fingerprint density at radius 3 is 2.50 bits per heavy atom. The van der Waals surface area contributed by atoms with E-state index in [-0.39, 0.29) is 52.8 Å². The van der Waals surface area contributed by atoms with Crippen LogP contribution in [0, 0.1) is 0 Å². The molecule has 0 aromatic carbocycles. The molecular weight excluding hydrogens is 129 g/mol. The van der Waals surface area contributed by atoms with Crippen molar-refractivity contribution in [2.45, 2.75) is 12.8 Å². The monoisotopic (exact) mass is 139 g/mol. The molecule has 1 heterocycles. The number of hydrogen-bond donors (Lipinski definition) is 0. The molecule has 0 bridgehead atoms. The average molecular weight is 139 g/mol. The van der Waals surface area contributed by atoms with Gasteiger partial charge in [-0.25, -0.2) is 0 Å². The molecule has 2 nitrogen and oxygen atoms in total. The Morgan fingerprint density at radius 1 is 1.75 bits per heavy atom. The maximum atomic E-state index is 10.5. The molecule has 1 aliphatic heterocycles. The van der Waals surface area contributed by atoms with Crippen LogP contribution in [-0.4, -0.2) is 24.4 Å². The third-order valence-electron chi connectivity index (χ3n) is 1.31. The van der Waals surface area contributed by atoms with Crippen LogP contribution in [0.15, 0.2) is 0 Å². The molecule has 0 unspecified atom stereocenters. The second-order valence-electron chi connectivity index (χ2n) is 1.92. The Balaban J connectivity index is 0. The van der Waals surface area contributed by atoms with Gasteiger partial charge in [-0.15, -0.1) is 0 Å². The molecule has 0 N–H and O–H groups in total. The molecule has 1 saturated heterocycles. The summed E-state index contributed by atoms with van der Waals surface area (Å²) in [7, 11) is 1.84. The number of likely N-dealkylation sites (tertiary alicyclic amines) is 1. The summed E-state index contributed by atoms with van der Waals surface area (Å²) in [5.41, 5.74) is 0. The van der Waals surface area contributed by atoms with E-state index in [1.54, 1.807) is 4.90 Å². The maximum Gasteiger partial charge on any atom is 1.00 e. The first-order chi connectivity index (χ1) is 3.30. The van der Waals surface area contributed by atoms with Crippen molar-refractivity contribution < 1.29 is 57.6 Å². The van der Waals surface area contributed by atoms with Crippen LogP contribution >= 0.6 is 0 Å². The van der Waals surface area contributed by atoms with E-state index in [4.69, 9.17) is 0 Å². The number of carbonyl (C=O) groups excluding carboxylic acids is 1. The normalized spacial score (nSPS) is 18.6. The second-order valence-corrected chi connectivity index (χ2v) is 1.92. The van der Waals surface area contributed by atoms with Gasteiger partial charge in [0.1, 0.15) is 0 Å². The van der Waals surface area contributed by atoms with Crippen molar-refractivity contribution in [3.63, 3.8) is 0 Å². The summed E-state index contributed by atoms with van der Waals surface area (Å²) in [6.45, 7) is 0.957. The summed E-state index contributed by atoms with van der Waals surface area (Å²) in [6.07, 6.45) is 1.81. The molecule has 0 radical (unpaired) electrons. The average Bonchev–Trinajstić information content (AvgIpc) is 1.91. The fraction of sp³-hybridized carbons (Fsp3) is 0.800. The Labute approximate surface area is 93.5 Å². The topological polar surface area (TPSA) is 20.3 Å². The third kappa shape index (κ3) is 2.15. The van der Waals surface area contributed by atoms with Gasteiger partial charge < -0.3 is 6.33 Å². The zero-order chi connectivity index (χ0) is 5.28. The summed E-state index contributed by atoms with van der Waals surface area (Å²) < 4.78 is 0. The van der Waals surface area contributed by atoms with Gasteiger partial charge in [-0.1, -0.05) is 0 Å². The summed E-state index contributed by atoms with van der Waals surface area (Å²) >= 11 is 0. The van der Waals surface area contributed by atoms with Gasteiger partial charge >= 0.3 is 51.4 Å². The largest absolute Gasteiger partial charge is 1.00 e. The number of rotatable bonds is 0. The minimum atomic E-state index is 0. The molecular formula is C5H10KNO. The molecule has 3 heteroatoms. The quantitative estimate of drug-likeness (QED) is 0.336. The molecule has 0 spiro atoms. The van der Waals surface area contributed by atoms with Crippen molar-refractivity contribution in [3.8, 4) is 0 Å². The van der Waals surface area contributed by atoms with Crippen LogP contribution < -0.4 is 51.4 Å². The number of amides is 1. The van der Waals surface area contributed by atoms with Crippen molar-refractivity contribution in [2.75, 3.05) is 13.6 Å². The van der Waals surface area contributed by atoms with Crippen LogP contribution in [0.1, 0.15) is 14.3 Å². The number of nitrogens with zero attached hydrogens (tertiary/aromatic N) is 1. The number of hydrogen-bond acceptors (Lipinski definition) is 1. The van der Waals surface area contributed by atoms with Gasteiger partial charge in [0.2, 0.25) is 5.91 Å². The maximum absolute atomic E-state index is 10.5. The Kier molecular flexibility index (Phi) is 4.56. The molecule has 1 rings (SSSR count). The van der Waals surface area contributed by atoms with Crippen LogP contribution in [0.25, 0.3) is 0 Å². The predicted molar refractivity (Wildman–Crippen MR) is 28.0 cm³/mol. The third-order valence-corrected chi connectivity index (χ3v) is 1.31. The Hall–Kier alpha value is 1.11. The van der Waals surface area contributed by atoms with Gasteiger partial charge in [0.15, 0.2) is 0 Å². The molecule has 0 aliphatic carbocycles. The molecule has 0 atom stereocenters. The zero-order valence-corrected chi connectivity index (χ0v) is 8.60. The van der Waals surface area contributed by atoms with Crippen molar-refractivity contribution in [2.24, 2.45) is 0 Å². The van der Waals surface area contributed by atoms with E-state index in [0.717, 1.165) is 19.4 Å². The Morgan fingerprint density at radius 2 is 2.38 bits per heavy atom. The van der Waals surface area contributed by atoms with Crippen LogP contribution in [0.4, 0.5) is 0 Å². The molecule has 8 heavy (non-hydrogen) atoms. The van der Waals surface area contributed by atoms with E-state index in [1.807, 2.05) is 7.05 Å². The van der Waals surface area contributed by atoms with Gasteiger partial charge in [0.05, 0.1) is 0 Å². The summed E-state index contributed by atoms with van der Waals surface area (Å²) in [4.78, 5) is 12.3. The fourth-order valence-electron chi connectivity index (χ4n) is 0.783. The van der Waals surface area contributed by atoms with Crippen LogP contribution in [0.2, 0.25) is 0 Å². The predicted octanol–water partition coefficient (Wildman–Crippen LogP) is -2.64. The van der Waals surface area contributed by atoms with E-state index in [1.165, 1.54) is 0 Å². The van der Waals surface area contributed by atoms with Gasteiger partial charge in [-0.05, 0) is 6.42 Å². The summed E-state index contributed by atoms with van der Waals surface area (Å²) in [6, 6.07) is 0. The van der Waals surface area contributed by atoms with Crippen LogP contribution in [-0.2, 0) is 4.79 Å². The first-order valence-corrected chi connectivity index (χ1v) is 2.54. The van der Waals surface area contributed by atoms with Gasteiger partial charge in [0, 0.05) is 20.0 Å². The standard InChI is InChI=1S/C5H9NO.K.H/c1-6-4-2-3-5(6)7;;/h2-4H2,1H3;;/q;+1;-1. The fourth-order valence-corrected chi connectivity index (χ4v) is 0.783. The van der Waals surface area contributed by atoms with Crippen molar-refractivity contribution in [1.29, 1.82) is 0 Å². The minimum Gasteiger partial charge on any atom is -1.00 e. The molecule has 1 fully saturated rings. The van der Waals surface area contributed by atoms with Crippen molar-refractivity contribution in [3.05, 3.63) is 0 Å². The van der Waals surface area contributed by atoms with Gasteiger partial charge in [-0.2, -0.15) is 0 Å². The van der Waals surface area contributed by atoms with E-state index in [0.29, 0.717) is 5.91 Å². The molecule has 1 aliphatic rings. The minimum absolute atomic E-state index is 0. The molecule has 0 aromatic heterocycles. The zero-order valence-electron chi connectivity index (χ0n) is 6.48. The first-order valence-electron chi connectivity index (χ1n) is 2.54. The van der Waals surface area contributed by atoms with E-state index >= 15 is 0 Å². The summed E-state index contributed by atoms with van der Waals surface area (Å²) in [5, 5.41) is 0. The van der Waals surface area contributed by atoms with E-state index in [2.05, 4.69) is 0 Å². The van der Waals surface area contributed by atoms with Crippen molar-refractivity contribution in [1.82, 2.24) is 4.90 Å². The first kappa shape index (κ1) is 9.11. The summed E-state index contributed by atoms with van der Waals surface area (Å²) in [5.74, 6) is 0.292. The SMILES string of the molecule is CN1CCCC1=O.[H-].[K+]. The second kappa shape index (κ2) is 4.01. The molecule has 0 saturated carbocycles. The number of carbonyl (C=O) groups is 1. The van der Waals surface area contributed by atoms with Crippen molar-refractivity contribution >= 4 is 5.91 Å². The molecule has 42 valence electrons. The molecule has 0 aromatic rings. The van der Waals surface area contributed by atoms with E-state index < -0.39 is 0 Å². The van der Waals surface area contributed by atoms with Gasteiger partial charge in [-0.3, -0.25) is 4.79 Å². The molecule has 1 amide bonds. The van der Waals surface area contributed by atoms with E-state index in [9.17, 15) is 4.79 Å². The Bertz CT molecular complexity index is 99.0.